The summed E-state index contributed by atoms with van der Waals surface area (Å²) < 4.78 is 5.10. The molecule has 1 heterocycles. The Bertz CT molecular complexity index is 894. The Morgan fingerprint density at radius 2 is 1.92 bits per heavy atom. The average Bonchev–Trinajstić information content (AvgIpc) is 2.60. The molecule has 24 heavy (non-hydrogen) atoms. The van der Waals surface area contributed by atoms with Crippen molar-refractivity contribution in [1.29, 1.82) is 0 Å². The van der Waals surface area contributed by atoms with Crippen LogP contribution in [0.4, 0.5) is 16.2 Å². The summed E-state index contributed by atoms with van der Waals surface area (Å²) >= 11 is 0. The van der Waals surface area contributed by atoms with Gasteiger partial charge in [0, 0.05) is 17.5 Å². The highest BCUT2D eigenvalue weighted by Crippen LogP contribution is 2.17. The van der Waals surface area contributed by atoms with E-state index >= 15 is 0 Å². The Morgan fingerprint density at radius 3 is 2.67 bits per heavy atom. The number of para-hydroxylation sites is 1. The Kier molecular flexibility index (Phi) is 4.33. The number of nitrogens with one attached hydrogen (secondary N) is 1. The third kappa shape index (κ3) is 3.64. The molecule has 1 amide bonds. The van der Waals surface area contributed by atoms with E-state index in [0.29, 0.717) is 11.3 Å². The lowest BCUT2D eigenvalue weighted by Crippen LogP contribution is -2.13. The number of carbonyl (C=O) groups is 1. The van der Waals surface area contributed by atoms with Crippen molar-refractivity contribution < 1.29 is 14.5 Å². The second kappa shape index (κ2) is 6.74. The normalized spacial score (nSPS) is 10.3. The maximum absolute atomic E-state index is 11.8. The van der Waals surface area contributed by atoms with E-state index in [-0.39, 0.29) is 12.3 Å². The summed E-state index contributed by atoms with van der Waals surface area (Å²) in [7, 11) is 0. The van der Waals surface area contributed by atoms with Crippen LogP contribution in [0.2, 0.25) is 0 Å². The van der Waals surface area contributed by atoms with Gasteiger partial charge in [0.2, 0.25) is 0 Å². The number of hydrogen-bond acceptors (Lipinski definition) is 5. The summed E-state index contributed by atoms with van der Waals surface area (Å²) in [6.45, 7) is 0.0187. The van der Waals surface area contributed by atoms with Crippen LogP contribution in [0.5, 0.6) is 0 Å². The summed E-state index contributed by atoms with van der Waals surface area (Å²) in [6.07, 6.45) is 0.931. The smallest absolute Gasteiger partial charge is 0.412 e. The predicted molar refractivity (Wildman–Crippen MR) is 88.6 cm³/mol. The molecule has 0 radical (unpaired) electrons. The van der Waals surface area contributed by atoms with E-state index in [0.717, 1.165) is 10.9 Å². The first-order valence-corrected chi connectivity index (χ1v) is 7.14. The number of nitrogens with zero attached hydrogens (tertiary/aromatic N) is 2. The van der Waals surface area contributed by atoms with Crippen LogP contribution in [0.3, 0.4) is 0 Å². The fraction of sp³-hybridized carbons (Fsp3) is 0.0588. The van der Waals surface area contributed by atoms with Crippen molar-refractivity contribution in [1.82, 2.24) is 4.98 Å². The van der Waals surface area contributed by atoms with Crippen molar-refractivity contribution in [3.8, 4) is 0 Å². The van der Waals surface area contributed by atoms with E-state index in [1.807, 2.05) is 24.3 Å². The predicted octanol–water partition coefficient (Wildman–Crippen LogP) is 3.89. The zero-order valence-corrected chi connectivity index (χ0v) is 12.5. The summed E-state index contributed by atoms with van der Waals surface area (Å²) in [5.41, 5.74) is 2.02. The minimum absolute atomic E-state index is 0.00885. The molecule has 0 unspecified atom stereocenters. The summed E-state index contributed by atoms with van der Waals surface area (Å²) in [5, 5.41) is 14.1. The van der Waals surface area contributed by atoms with Crippen LogP contribution in [0, 0.1) is 10.1 Å². The molecule has 7 heteroatoms. The lowest BCUT2D eigenvalue weighted by Gasteiger charge is -2.07. The van der Waals surface area contributed by atoms with Gasteiger partial charge in [-0.25, -0.2) is 4.79 Å². The van der Waals surface area contributed by atoms with Crippen molar-refractivity contribution in [3.05, 3.63) is 76.5 Å². The van der Waals surface area contributed by atoms with E-state index in [1.165, 1.54) is 12.1 Å². The van der Waals surface area contributed by atoms with Gasteiger partial charge in [-0.15, -0.1) is 0 Å². The standard InChI is InChI=1S/C17H13N3O4/c21-17(24-11-12-5-7-15(8-6-12)20(22)23)19-14-9-13-3-1-2-4-16(13)18-10-14/h1-10H,11H2,(H,19,21). The van der Waals surface area contributed by atoms with Gasteiger partial charge in [-0.3, -0.25) is 20.4 Å². The second-order valence-corrected chi connectivity index (χ2v) is 5.04. The number of non-ortho nitro benzene ring substituents is 1. The third-order valence-electron chi connectivity index (χ3n) is 3.35. The number of carbonyl (C=O) groups excluding carboxylic acids is 1. The van der Waals surface area contributed by atoms with Gasteiger partial charge >= 0.3 is 6.09 Å². The van der Waals surface area contributed by atoms with Gasteiger partial charge < -0.3 is 4.74 Å². The van der Waals surface area contributed by atoms with Crippen LogP contribution in [-0.2, 0) is 11.3 Å². The Balaban J connectivity index is 1.59. The Hall–Kier alpha value is -3.48. The molecule has 1 aromatic heterocycles. The van der Waals surface area contributed by atoms with Crippen molar-refractivity contribution >= 4 is 28.4 Å². The molecular formula is C17H13N3O4. The molecule has 0 spiro atoms. The van der Waals surface area contributed by atoms with Crippen LogP contribution < -0.4 is 5.32 Å². The molecule has 0 bridgehead atoms. The quantitative estimate of drug-likeness (QED) is 0.580. The molecule has 0 aliphatic carbocycles. The first-order chi connectivity index (χ1) is 11.6. The highest BCUT2D eigenvalue weighted by molar-refractivity contribution is 5.88. The van der Waals surface area contributed by atoms with Gasteiger partial charge in [0.05, 0.1) is 22.3 Å². The first-order valence-electron chi connectivity index (χ1n) is 7.14. The van der Waals surface area contributed by atoms with E-state index in [9.17, 15) is 14.9 Å². The minimum atomic E-state index is -0.620. The number of amides is 1. The highest BCUT2D eigenvalue weighted by Gasteiger charge is 2.07. The minimum Gasteiger partial charge on any atom is -0.444 e. The number of rotatable bonds is 4. The SMILES string of the molecule is O=C(Nc1cnc2ccccc2c1)OCc1ccc([N+](=O)[O-])cc1. The number of nitro benzene ring substituents is 1. The third-order valence-corrected chi connectivity index (χ3v) is 3.35. The molecule has 0 fully saturated rings. The number of benzene rings is 2. The molecule has 0 atom stereocenters. The molecule has 3 aromatic rings. The number of nitro groups is 1. The van der Waals surface area contributed by atoms with Crippen molar-refractivity contribution in [2.24, 2.45) is 0 Å². The second-order valence-electron chi connectivity index (χ2n) is 5.04. The van der Waals surface area contributed by atoms with Crippen molar-refractivity contribution in [2.45, 2.75) is 6.61 Å². The molecule has 0 aliphatic heterocycles. The molecule has 120 valence electrons. The van der Waals surface area contributed by atoms with Crippen LogP contribution in [-0.4, -0.2) is 16.0 Å². The number of hydrogen-bond donors (Lipinski definition) is 1. The fourth-order valence-corrected chi connectivity index (χ4v) is 2.16. The Labute approximate surface area is 137 Å². The fourth-order valence-electron chi connectivity index (χ4n) is 2.16. The number of fused-ring (bicyclic) bond motifs is 1. The van der Waals surface area contributed by atoms with Crippen LogP contribution in [0.15, 0.2) is 60.8 Å². The summed E-state index contributed by atoms with van der Waals surface area (Å²) in [4.78, 5) is 26.2. The van der Waals surface area contributed by atoms with Crippen LogP contribution in [0.1, 0.15) is 5.56 Å². The van der Waals surface area contributed by atoms with E-state index in [1.54, 1.807) is 24.4 Å². The van der Waals surface area contributed by atoms with Gasteiger partial charge in [0.1, 0.15) is 6.61 Å². The number of anilines is 1. The zero-order valence-electron chi connectivity index (χ0n) is 12.5. The lowest BCUT2D eigenvalue weighted by atomic mass is 10.2. The van der Waals surface area contributed by atoms with E-state index in [2.05, 4.69) is 10.3 Å². The molecule has 7 nitrogen and oxygen atoms in total. The summed E-state index contributed by atoms with van der Waals surface area (Å²) in [6, 6.07) is 15.2. The van der Waals surface area contributed by atoms with Gasteiger partial charge in [0.15, 0.2) is 0 Å². The molecule has 3 rings (SSSR count). The largest absolute Gasteiger partial charge is 0.444 e. The average molecular weight is 323 g/mol. The van der Waals surface area contributed by atoms with Crippen LogP contribution >= 0.6 is 0 Å². The van der Waals surface area contributed by atoms with Crippen LogP contribution in [0.25, 0.3) is 10.9 Å². The lowest BCUT2D eigenvalue weighted by molar-refractivity contribution is -0.384. The van der Waals surface area contributed by atoms with Gasteiger partial charge in [0.25, 0.3) is 5.69 Å². The van der Waals surface area contributed by atoms with Crippen molar-refractivity contribution in [3.63, 3.8) is 0 Å². The van der Waals surface area contributed by atoms with E-state index < -0.39 is 11.0 Å². The monoisotopic (exact) mass is 323 g/mol. The number of ether oxygens (including phenoxy) is 1. The molecule has 2 aromatic carbocycles. The first kappa shape index (κ1) is 15.4. The number of aromatic nitrogens is 1. The molecule has 0 saturated heterocycles. The molecular weight excluding hydrogens is 310 g/mol. The summed E-state index contributed by atoms with van der Waals surface area (Å²) in [5.74, 6) is 0. The highest BCUT2D eigenvalue weighted by atomic mass is 16.6. The Morgan fingerprint density at radius 1 is 1.17 bits per heavy atom. The maximum atomic E-state index is 11.8. The molecule has 1 N–H and O–H groups in total. The van der Waals surface area contributed by atoms with Gasteiger partial charge in [-0.05, 0) is 29.8 Å². The molecule has 0 saturated carbocycles. The zero-order chi connectivity index (χ0) is 16.9. The van der Waals surface area contributed by atoms with Gasteiger partial charge in [-0.1, -0.05) is 18.2 Å². The maximum Gasteiger partial charge on any atom is 0.412 e. The van der Waals surface area contributed by atoms with Crippen molar-refractivity contribution in [2.75, 3.05) is 5.32 Å². The van der Waals surface area contributed by atoms with Gasteiger partial charge in [-0.2, -0.15) is 0 Å². The molecule has 0 aliphatic rings. The van der Waals surface area contributed by atoms with E-state index in [4.69, 9.17) is 4.74 Å². The topological polar surface area (TPSA) is 94.4 Å². The number of pyridine rings is 1.